The van der Waals surface area contributed by atoms with E-state index in [-0.39, 0.29) is 12.5 Å². The molecule has 0 saturated heterocycles. The van der Waals surface area contributed by atoms with Gasteiger partial charge < -0.3 is 19.7 Å². The summed E-state index contributed by atoms with van der Waals surface area (Å²) in [5.41, 5.74) is 1.54. The van der Waals surface area contributed by atoms with Crippen LogP contribution in [0, 0.1) is 0 Å². The molecule has 0 aliphatic rings. The molecule has 2 rings (SSSR count). The standard InChI is InChI=1S/C14H18N2O3/c1-19-9-7-16(6-8-17)14(18)12-3-2-11-4-5-15-13(11)10-12/h2-5,10,15,17H,6-9H2,1H3. The van der Waals surface area contributed by atoms with Crippen molar-refractivity contribution in [3.63, 3.8) is 0 Å². The van der Waals surface area contributed by atoms with Crippen molar-refractivity contribution in [2.24, 2.45) is 0 Å². The number of rotatable bonds is 6. The number of benzene rings is 1. The normalized spacial score (nSPS) is 10.8. The van der Waals surface area contributed by atoms with Gasteiger partial charge >= 0.3 is 0 Å². The minimum absolute atomic E-state index is 0.0554. The van der Waals surface area contributed by atoms with Crippen LogP contribution in [0.1, 0.15) is 10.4 Å². The number of aliphatic hydroxyl groups excluding tert-OH is 1. The summed E-state index contributed by atoms with van der Waals surface area (Å²) in [6, 6.07) is 7.50. The molecular weight excluding hydrogens is 244 g/mol. The van der Waals surface area contributed by atoms with Gasteiger partial charge in [-0.25, -0.2) is 0 Å². The number of carbonyl (C=O) groups is 1. The van der Waals surface area contributed by atoms with Crippen molar-refractivity contribution in [3.05, 3.63) is 36.0 Å². The van der Waals surface area contributed by atoms with Gasteiger partial charge in [-0.15, -0.1) is 0 Å². The second-order valence-corrected chi connectivity index (χ2v) is 4.29. The Morgan fingerprint density at radius 1 is 1.37 bits per heavy atom. The summed E-state index contributed by atoms with van der Waals surface area (Å²) in [4.78, 5) is 17.0. The van der Waals surface area contributed by atoms with E-state index in [1.54, 1.807) is 18.1 Å². The van der Waals surface area contributed by atoms with E-state index in [9.17, 15) is 4.79 Å². The monoisotopic (exact) mass is 262 g/mol. The number of amides is 1. The van der Waals surface area contributed by atoms with Gasteiger partial charge in [-0.05, 0) is 23.6 Å². The molecule has 102 valence electrons. The highest BCUT2D eigenvalue weighted by molar-refractivity contribution is 5.97. The van der Waals surface area contributed by atoms with Crippen molar-refractivity contribution in [1.29, 1.82) is 0 Å². The van der Waals surface area contributed by atoms with Crippen LogP contribution in [0.25, 0.3) is 10.9 Å². The third kappa shape index (κ3) is 3.13. The number of nitrogens with zero attached hydrogens (tertiary/aromatic N) is 1. The van der Waals surface area contributed by atoms with Crippen LogP contribution < -0.4 is 0 Å². The van der Waals surface area contributed by atoms with E-state index < -0.39 is 0 Å². The minimum atomic E-state index is -0.0948. The van der Waals surface area contributed by atoms with Gasteiger partial charge in [0.2, 0.25) is 0 Å². The zero-order chi connectivity index (χ0) is 13.7. The maximum atomic E-state index is 12.4. The summed E-state index contributed by atoms with van der Waals surface area (Å²) in [5, 5.41) is 10.1. The van der Waals surface area contributed by atoms with E-state index in [1.165, 1.54) is 0 Å². The first-order chi connectivity index (χ1) is 9.26. The molecule has 0 fully saturated rings. The average molecular weight is 262 g/mol. The molecule has 0 unspecified atom stereocenters. The lowest BCUT2D eigenvalue weighted by atomic mass is 10.1. The lowest BCUT2D eigenvalue weighted by Crippen LogP contribution is -2.36. The molecule has 0 radical (unpaired) electrons. The summed E-state index contributed by atoms with van der Waals surface area (Å²) in [6.45, 7) is 1.18. The first-order valence-electron chi connectivity index (χ1n) is 6.22. The van der Waals surface area contributed by atoms with Crippen molar-refractivity contribution in [1.82, 2.24) is 9.88 Å². The van der Waals surface area contributed by atoms with Crippen LogP contribution in [-0.4, -0.2) is 54.3 Å². The Kier molecular flexibility index (Phi) is 4.54. The number of methoxy groups -OCH3 is 1. The van der Waals surface area contributed by atoms with Crippen molar-refractivity contribution >= 4 is 16.8 Å². The fraction of sp³-hybridized carbons (Fsp3) is 0.357. The Balaban J connectivity index is 2.19. The summed E-state index contributed by atoms with van der Waals surface area (Å²) in [5.74, 6) is -0.0948. The van der Waals surface area contributed by atoms with Gasteiger partial charge in [-0.3, -0.25) is 4.79 Å². The Labute approximate surface area is 111 Å². The van der Waals surface area contributed by atoms with Crippen LogP contribution in [0.5, 0.6) is 0 Å². The molecule has 2 N–H and O–H groups in total. The third-order valence-electron chi connectivity index (χ3n) is 3.02. The molecule has 0 spiro atoms. The fourth-order valence-electron chi connectivity index (χ4n) is 2.00. The lowest BCUT2D eigenvalue weighted by Gasteiger charge is -2.21. The lowest BCUT2D eigenvalue weighted by molar-refractivity contribution is 0.0656. The minimum Gasteiger partial charge on any atom is -0.395 e. The predicted molar refractivity (Wildman–Crippen MR) is 73.2 cm³/mol. The molecule has 1 aromatic carbocycles. The van der Waals surface area contributed by atoms with E-state index in [2.05, 4.69) is 4.98 Å². The maximum absolute atomic E-state index is 12.4. The Bertz CT molecular complexity index is 550. The van der Waals surface area contributed by atoms with Crippen LogP contribution in [0.3, 0.4) is 0 Å². The molecule has 2 aromatic rings. The quantitative estimate of drug-likeness (QED) is 0.823. The molecule has 0 atom stereocenters. The van der Waals surface area contributed by atoms with Crippen LogP contribution in [0.4, 0.5) is 0 Å². The van der Waals surface area contributed by atoms with Crippen LogP contribution >= 0.6 is 0 Å². The number of nitrogens with one attached hydrogen (secondary N) is 1. The summed E-state index contributed by atoms with van der Waals surface area (Å²) in [7, 11) is 1.59. The first-order valence-corrected chi connectivity index (χ1v) is 6.22. The number of ether oxygens (including phenoxy) is 1. The number of H-pyrrole nitrogens is 1. The zero-order valence-electron chi connectivity index (χ0n) is 10.9. The third-order valence-corrected chi connectivity index (χ3v) is 3.02. The molecular formula is C14H18N2O3. The molecule has 5 heteroatoms. The summed E-state index contributed by atoms with van der Waals surface area (Å²) in [6.07, 6.45) is 1.84. The number of aromatic amines is 1. The van der Waals surface area contributed by atoms with Crippen LogP contribution in [0.15, 0.2) is 30.5 Å². The summed E-state index contributed by atoms with van der Waals surface area (Å²) >= 11 is 0. The van der Waals surface area contributed by atoms with E-state index in [4.69, 9.17) is 9.84 Å². The average Bonchev–Trinajstić information content (AvgIpc) is 2.90. The van der Waals surface area contributed by atoms with Crippen LogP contribution in [-0.2, 0) is 4.74 Å². The molecule has 1 heterocycles. The molecule has 0 saturated carbocycles. The highest BCUT2D eigenvalue weighted by Gasteiger charge is 2.15. The van der Waals surface area contributed by atoms with Gasteiger partial charge in [0.25, 0.3) is 5.91 Å². The van der Waals surface area contributed by atoms with Gasteiger partial charge in [0.15, 0.2) is 0 Å². The molecule has 1 amide bonds. The Morgan fingerprint density at radius 2 is 2.21 bits per heavy atom. The zero-order valence-corrected chi connectivity index (χ0v) is 10.9. The van der Waals surface area contributed by atoms with Crippen molar-refractivity contribution in [2.75, 3.05) is 33.4 Å². The Morgan fingerprint density at radius 3 is 2.95 bits per heavy atom. The van der Waals surface area contributed by atoms with Gasteiger partial charge in [0.1, 0.15) is 0 Å². The van der Waals surface area contributed by atoms with Crippen molar-refractivity contribution < 1.29 is 14.6 Å². The van der Waals surface area contributed by atoms with Gasteiger partial charge in [-0.2, -0.15) is 0 Å². The molecule has 19 heavy (non-hydrogen) atoms. The van der Waals surface area contributed by atoms with Gasteiger partial charge in [-0.1, -0.05) is 6.07 Å². The largest absolute Gasteiger partial charge is 0.395 e. The van der Waals surface area contributed by atoms with E-state index in [1.807, 2.05) is 24.4 Å². The maximum Gasteiger partial charge on any atom is 0.254 e. The summed E-state index contributed by atoms with van der Waals surface area (Å²) < 4.78 is 4.98. The molecule has 0 aliphatic carbocycles. The molecule has 5 nitrogen and oxygen atoms in total. The van der Waals surface area contributed by atoms with E-state index >= 15 is 0 Å². The molecule has 0 aliphatic heterocycles. The van der Waals surface area contributed by atoms with Crippen molar-refractivity contribution in [2.45, 2.75) is 0 Å². The molecule has 0 bridgehead atoms. The smallest absolute Gasteiger partial charge is 0.254 e. The van der Waals surface area contributed by atoms with Crippen molar-refractivity contribution in [3.8, 4) is 0 Å². The number of aliphatic hydroxyl groups is 1. The topological polar surface area (TPSA) is 65.6 Å². The number of hydrogen-bond donors (Lipinski definition) is 2. The predicted octanol–water partition coefficient (Wildman–Crippen LogP) is 1.25. The van der Waals surface area contributed by atoms with Gasteiger partial charge in [0, 0.05) is 37.5 Å². The van der Waals surface area contributed by atoms with E-state index in [0.29, 0.717) is 25.3 Å². The number of hydrogen-bond acceptors (Lipinski definition) is 3. The SMILES string of the molecule is COCCN(CCO)C(=O)c1ccc2cc[nH]c2c1. The molecule has 1 aromatic heterocycles. The van der Waals surface area contributed by atoms with Crippen LogP contribution in [0.2, 0.25) is 0 Å². The highest BCUT2D eigenvalue weighted by atomic mass is 16.5. The number of fused-ring (bicyclic) bond motifs is 1. The Hall–Kier alpha value is -1.85. The van der Waals surface area contributed by atoms with E-state index in [0.717, 1.165) is 10.9 Å². The second-order valence-electron chi connectivity index (χ2n) is 4.29. The number of aromatic nitrogens is 1. The second kappa shape index (κ2) is 6.36. The van der Waals surface area contributed by atoms with Gasteiger partial charge in [0.05, 0.1) is 13.2 Å². The number of carbonyl (C=O) groups excluding carboxylic acids is 1. The first kappa shape index (κ1) is 13.6. The highest BCUT2D eigenvalue weighted by Crippen LogP contribution is 2.15. The fourth-order valence-corrected chi connectivity index (χ4v) is 2.00.